The van der Waals surface area contributed by atoms with E-state index in [0.717, 1.165) is 11.3 Å². The molecule has 4 aromatic rings. The van der Waals surface area contributed by atoms with Crippen LogP contribution < -0.4 is 15.8 Å². The molecule has 10 heteroatoms. The maximum Gasteiger partial charge on any atom is 0.408 e. The number of sulfone groups is 1. The number of carboxylic acids is 1. The van der Waals surface area contributed by atoms with Crippen molar-refractivity contribution in [3.05, 3.63) is 120 Å². The van der Waals surface area contributed by atoms with Crippen molar-refractivity contribution in [2.45, 2.75) is 35.5 Å². The number of alkyl carbamates (subject to hydrolysis) is 1. The number of carbonyl (C=O) groups is 2. The van der Waals surface area contributed by atoms with Gasteiger partial charge in [0.15, 0.2) is 0 Å². The Hall–Kier alpha value is -4.83. The number of nitrogen functional groups attached to an aromatic ring is 1. The molecule has 0 saturated carbocycles. The van der Waals surface area contributed by atoms with Gasteiger partial charge in [0.1, 0.15) is 25.0 Å². The van der Waals surface area contributed by atoms with E-state index in [4.69, 9.17) is 15.2 Å². The van der Waals surface area contributed by atoms with Gasteiger partial charge < -0.3 is 25.6 Å². The molecule has 0 aliphatic heterocycles. The fourth-order valence-electron chi connectivity index (χ4n) is 3.90. The molecule has 0 spiro atoms. The maximum atomic E-state index is 13.1. The van der Waals surface area contributed by atoms with Crippen molar-refractivity contribution in [3.8, 4) is 5.75 Å². The zero-order valence-corrected chi connectivity index (χ0v) is 22.2. The van der Waals surface area contributed by atoms with Crippen LogP contribution in [0, 0.1) is 0 Å². The second-order valence-corrected chi connectivity index (χ2v) is 10.8. The highest BCUT2D eigenvalue weighted by atomic mass is 32.2. The number of para-hydroxylation sites is 2. The van der Waals surface area contributed by atoms with Gasteiger partial charge in [0, 0.05) is 6.42 Å². The second kappa shape index (κ2) is 12.8. The predicted molar refractivity (Wildman–Crippen MR) is 148 cm³/mol. The summed E-state index contributed by atoms with van der Waals surface area (Å²) < 4.78 is 37.0. The average molecular weight is 561 g/mol. The highest BCUT2D eigenvalue weighted by molar-refractivity contribution is 7.91. The minimum absolute atomic E-state index is 0.0621. The van der Waals surface area contributed by atoms with Crippen LogP contribution in [0.1, 0.15) is 16.7 Å². The standard InChI is InChI=1S/C30H28N2O7S/c31-28-23(8-7-13-27(28)40(36,37)25-11-5-2-6-12-25)18-26(29(33)34)32-30(35)39-20-22-16-14-21(15-17-22)19-38-24-9-3-1-4-10-24/h1-17,26H,18-20,31H2,(H,32,35)(H,33,34). The summed E-state index contributed by atoms with van der Waals surface area (Å²) in [6, 6.07) is 27.4. The van der Waals surface area contributed by atoms with Crippen LogP contribution in [-0.4, -0.2) is 31.6 Å². The van der Waals surface area contributed by atoms with Crippen LogP contribution >= 0.6 is 0 Å². The fraction of sp³-hybridized carbons (Fsp3) is 0.133. The van der Waals surface area contributed by atoms with Crippen molar-refractivity contribution < 1.29 is 32.6 Å². The molecule has 4 N–H and O–H groups in total. The molecule has 40 heavy (non-hydrogen) atoms. The van der Waals surface area contributed by atoms with E-state index in [1.54, 1.807) is 30.3 Å². The summed E-state index contributed by atoms with van der Waals surface area (Å²) >= 11 is 0. The molecule has 0 aromatic heterocycles. The molecule has 1 amide bonds. The molecule has 0 fully saturated rings. The smallest absolute Gasteiger partial charge is 0.408 e. The highest BCUT2D eigenvalue weighted by Gasteiger charge is 2.26. The fourth-order valence-corrected chi connectivity index (χ4v) is 5.34. The largest absolute Gasteiger partial charge is 0.489 e. The van der Waals surface area contributed by atoms with Crippen molar-refractivity contribution in [1.29, 1.82) is 0 Å². The lowest BCUT2D eigenvalue weighted by atomic mass is 10.0. The lowest BCUT2D eigenvalue weighted by Crippen LogP contribution is -2.42. The van der Waals surface area contributed by atoms with Gasteiger partial charge in [-0.15, -0.1) is 0 Å². The van der Waals surface area contributed by atoms with E-state index in [2.05, 4.69) is 5.32 Å². The number of nitrogens with one attached hydrogen (secondary N) is 1. The summed E-state index contributed by atoms with van der Waals surface area (Å²) in [5.74, 6) is -0.568. The number of hydrogen-bond acceptors (Lipinski definition) is 7. The first kappa shape index (κ1) is 28.2. The number of anilines is 1. The van der Waals surface area contributed by atoms with Crippen LogP contribution in [0.25, 0.3) is 0 Å². The van der Waals surface area contributed by atoms with E-state index in [0.29, 0.717) is 12.2 Å². The average Bonchev–Trinajstić information content (AvgIpc) is 2.97. The monoisotopic (exact) mass is 560 g/mol. The number of carboxylic acid groups (broad SMARTS) is 1. The molecule has 206 valence electrons. The van der Waals surface area contributed by atoms with Gasteiger partial charge in [-0.05, 0) is 47.0 Å². The minimum atomic E-state index is -3.92. The second-order valence-electron chi connectivity index (χ2n) is 8.88. The SMILES string of the molecule is Nc1c(CC(NC(=O)OCc2ccc(COc3ccccc3)cc2)C(=O)O)cccc1S(=O)(=O)c1ccccc1. The van der Waals surface area contributed by atoms with Gasteiger partial charge in [-0.3, -0.25) is 0 Å². The van der Waals surface area contributed by atoms with E-state index in [9.17, 15) is 23.1 Å². The Morgan fingerprint density at radius 2 is 1.40 bits per heavy atom. The van der Waals surface area contributed by atoms with Crippen molar-refractivity contribution in [3.63, 3.8) is 0 Å². The van der Waals surface area contributed by atoms with Crippen molar-refractivity contribution in [2.24, 2.45) is 0 Å². The summed E-state index contributed by atoms with van der Waals surface area (Å²) in [6.07, 6.45) is -1.18. The third kappa shape index (κ3) is 7.17. The zero-order chi connectivity index (χ0) is 28.5. The van der Waals surface area contributed by atoms with E-state index in [-0.39, 0.29) is 34.1 Å². The van der Waals surface area contributed by atoms with Crippen LogP contribution in [-0.2, 0) is 39.0 Å². The molecule has 0 aliphatic carbocycles. The summed E-state index contributed by atoms with van der Waals surface area (Å²) in [7, 11) is -3.92. The molecule has 0 heterocycles. The Morgan fingerprint density at radius 3 is 2.02 bits per heavy atom. The number of rotatable bonds is 11. The van der Waals surface area contributed by atoms with E-state index >= 15 is 0 Å². The number of nitrogens with two attached hydrogens (primary N) is 1. The first-order valence-corrected chi connectivity index (χ1v) is 13.8. The van der Waals surface area contributed by atoms with E-state index in [1.165, 1.54) is 30.3 Å². The van der Waals surface area contributed by atoms with Gasteiger partial charge in [-0.1, -0.05) is 72.8 Å². The molecular formula is C30H28N2O7S. The molecule has 0 bridgehead atoms. The molecule has 9 nitrogen and oxygen atoms in total. The lowest BCUT2D eigenvalue weighted by molar-refractivity contribution is -0.139. The third-order valence-corrected chi connectivity index (χ3v) is 7.88. The first-order valence-electron chi connectivity index (χ1n) is 12.3. The molecule has 0 saturated heterocycles. The molecule has 0 radical (unpaired) electrons. The van der Waals surface area contributed by atoms with Crippen molar-refractivity contribution in [2.75, 3.05) is 5.73 Å². The Bertz CT molecular complexity index is 1560. The van der Waals surface area contributed by atoms with Crippen LogP contribution in [0.15, 0.2) is 113 Å². The van der Waals surface area contributed by atoms with Crippen molar-refractivity contribution >= 4 is 27.6 Å². The molecule has 1 unspecified atom stereocenters. The summed E-state index contributed by atoms with van der Waals surface area (Å²) in [4.78, 5) is 24.2. The van der Waals surface area contributed by atoms with Crippen LogP contribution in [0.2, 0.25) is 0 Å². The van der Waals surface area contributed by atoms with E-state index < -0.39 is 27.9 Å². The van der Waals surface area contributed by atoms with Crippen LogP contribution in [0.4, 0.5) is 10.5 Å². The number of amides is 1. The van der Waals surface area contributed by atoms with Gasteiger partial charge in [0.05, 0.1) is 15.5 Å². The highest BCUT2D eigenvalue weighted by Crippen LogP contribution is 2.29. The molecule has 0 aliphatic rings. The molecule has 4 aromatic carbocycles. The molecule has 4 rings (SSSR count). The summed E-state index contributed by atoms with van der Waals surface area (Å²) in [5.41, 5.74) is 7.98. The normalized spacial score (nSPS) is 11.8. The maximum absolute atomic E-state index is 13.1. The Kier molecular flexibility index (Phi) is 9.03. The van der Waals surface area contributed by atoms with Gasteiger partial charge in [-0.25, -0.2) is 18.0 Å². The van der Waals surface area contributed by atoms with Gasteiger partial charge in [0.25, 0.3) is 0 Å². The Morgan fingerprint density at radius 1 is 0.800 bits per heavy atom. The topological polar surface area (TPSA) is 145 Å². The minimum Gasteiger partial charge on any atom is -0.489 e. The molecule has 1 atom stereocenters. The predicted octanol–water partition coefficient (Wildman–Crippen LogP) is 4.60. The number of hydrogen-bond donors (Lipinski definition) is 3. The third-order valence-electron chi connectivity index (χ3n) is 6.06. The van der Waals surface area contributed by atoms with Crippen LogP contribution in [0.3, 0.4) is 0 Å². The first-order chi connectivity index (χ1) is 19.2. The Balaban J connectivity index is 1.35. The van der Waals surface area contributed by atoms with E-state index in [1.807, 2.05) is 42.5 Å². The van der Waals surface area contributed by atoms with Crippen molar-refractivity contribution in [1.82, 2.24) is 5.32 Å². The number of benzene rings is 4. The Labute approximate surface area is 232 Å². The quantitative estimate of drug-likeness (QED) is 0.226. The van der Waals surface area contributed by atoms with Crippen LogP contribution in [0.5, 0.6) is 5.75 Å². The lowest BCUT2D eigenvalue weighted by Gasteiger charge is -2.17. The number of ether oxygens (including phenoxy) is 2. The van der Waals surface area contributed by atoms with Gasteiger partial charge in [-0.2, -0.15) is 0 Å². The number of aliphatic carboxylic acids is 1. The summed E-state index contributed by atoms with van der Waals surface area (Å²) in [5, 5.41) is 12.0. The molecular weight excluding hydrogens is 532 g/mol. The summed E-state index contributed by atoms with van der Waals surface area (Å²) in [6.45, 7) is 0.299. The zero-order valence-electron chi connectivity index (χ0n) is 21.4. The van der Waals surface area contributed by atoms with Gasteiger partial charge >= 0.3 is 12.1 Å². The van der Waals surface area contributed by atoms with Gasteiger partial charge in [0.2, 0.25) is 9.84 Å². The number of carbonyl (C=O) groups excluding carboxylic acids is 1.